The van der Waals surface area contributed by atoms with Gasteiger partial charge in [0.15, 0.2) is 11.5 Å². The van der Waals surface area contributed by atoms with Crippen LogP contribution >= 0.6 is 0 Å². The fourth-order valence-electron chi connectivity index (χ4n) is 2.78. The molecule has 20 heavy (non-hydrogen) atoms. The zero-order chi connectivity index (χ0) is 13.9. The summed E-state index contributed by atoms with van der Waals surface area (Å²) >= 11 is 0. The molecule has 2 N–H and O–H groups in total. The number of anilines is 1. The smallest absolute Gasteiger partial charge is 0.163 e. The lowest BCUT2D eigenvalue weighted by Crippen LogP contribution is -2.29. The van der Waals surface area contributed by atoms with Crippen LogP contribution in [0.5, 0.6) is 11.5 Å². The van der Waals surface area contributed by atoms with Gasteiger partial charge in [-0.2, -0.15) is 0 Å². The molecule has 5 heteroatoms. The standard InChI is InChI=1S/C15H23N3O2/c1-17-3-2-4-18(6-5-17)11-12-9-14-15(10-13(12)16)20-8-7-19-14/h9-10H,2-8,11,16H2,1H3. The lowest BCUT2D eigenvalue weighted by atomic mass is 10.1. The highest BCUT2D eigenvalue weighted by Gasteiger charge is 2.17. The van der Waals surface area contributed by atoms with Gasteiger partial charge >= 0.3 is 0 Å². The average molecular weight is 277 g/mol. The van der Waals surface area contributed by atoms with Crippen LogP contribution in [0.15, 0.2) is 12.1 Å². The van der Waals surface area contributed by atoms with E-state index in [1.807, 2.05) is 12.1 Å². The summed E-state index contributed by atoms with van der Waals surface area (Å²) in [5, 5.41) is 0. The Morgan fingerprint density at radius 3 is 2.60 bits per heavy atom. The molecule has 5 nitrogen and oxygen atoms in total. The van der Waals surface area contributed by atoms with E-state index >= 15 is 0 Å². The van der Waals surface area contributed by atoms with Crippen molar-refractivity contribution in [1.82, 2.24) is 9.80 Å². The van der Waals surface area contributed by atoms with Crippen LogP contribution in [-0.4, -0.2) is 56.2 Å². The molecule has 0 atom stereocenters. The molecule has 0 bridgehead atoms. The third-order valence-corrected chi connectivity index (χ3v) is 4.01. The maximum absolute atomic E-state index is 6.16. The monoisotopic (exact) mass is 277 g/mol. The van der Waals surface area contributed by atoms with E-state index in [-0.39, 0.29) is 0 Å². The fraction of sp³-hybridized carbons (Fsp3) is 0.600. The molecule has 2 heterocycles. The minimum atomic E-state index is 0.601. The van der Waals surface area contributed by atoms with Crippen LogP contribution in [-0.2, 0) is 6.54 Å². The third kappa shape index (κ3) is 2.99. The summed E-state index contributed by atoms with van der Waals surface area (Å²) < 4.78 is 11.2. The van der Waals surface area contributed by atoms with Crippen molar-refractivity contribution in [2.75, 3.05) is 52.2 Å². The van der Waals surface area contributed by atoms with E-state index in [1.54, 1.807) is 0 Å². The average Bonchev–Trinajstić information content (AvgIpc) is 2.65. The van der Waals surface area contributed by atoms with E-state index in [2.05, 4.69) is 16.8 Å². The van der Waals surface area contributed by atoms with Crippen molar-refractivity contribution < 1.29 is 9.47 Å². The van der Waals surface area contributed by atoms with Gasteiger partial charge in [0.1, 0.15) is 13.2 Å². The zero-order valence-corrected chi connectivity index (χ0v) is 12.1. The second kappa shape index (κ2) is 5.89. The van der Waals surface area contributed by atoms with Gasteiger partial charge in [-0.1, -0.05) is 0 Å². The Kier molecular flexibility index (Phi) is 3.98. The van der Waals surface area contributed by atoms with Crippen molar-refractivity contribution in [1.29, 1.82) is 0 Å². The van der Waals surface area contributed by atoms with Crippen molar-refractivity contribution in [2.24, 2.45) is 0 Å². The molecule has 1 fully saturated rings. The molecular weight excluding hydrogens is 254 g/mol. The van der Waals surface area contributed by atoms with Gasteiger partial charge in [-0.15, -0.1) is 0 Å². The van der Waals surface area contributed by atoms with E-state index in [0.29, 0.717) is 13.2 Å². The van der Waals surface area contributed by atoms with Crippen LogP contribution in [0, 0.1) is 0 Å². The Bertz CT molecular complexity index is 478. The summed E-state index contributed by atoms with van der Waals surface area (Å²) in [6.07, 6.45) is 1.21. The predicted octanol–water partition coefficient (Wildman–Crippen LogP) is 1.18. The largest absolute Gasteiger partial charge is 0.486 e. The van der Waals surface area contributed by atoms with Crippen molar-refractivity contribution in [3.63, 3.8) is 0 Å². The van der Waals surface area contributed by atoms with E-state index in [9.17, 15) is 0 Å². The Hall–Kier alpha value is -1.46. The van der Waals surface area contributed by atoms with Crippen molar-refractivity contribution in [2.45, 2.75) is 13.0 Å². The number of hydrogen-bond acceptors (Lipinski definition) is 5. The highest BCUT2D eigenvalue weighted by atomic mass is 16.6. The lowest BCUT2D eigenvalue weighted by molar-refractivity contribution is 0.171. The number of likely N-dealkylation sites (N-methyl/N-ethyl adjacent to an activating group) is 1. The number of hydrogen-bond donors (Lipinski definition) is 1. The minimum Gasteiger partial charge on any atom is -0.486 e. The van der Waals surface area contributed by atoms with Gasteiger partial charge in [0.25, 0.3) is 0 Å². The molecule has 110 valence electrons. The van der Waals surface area contributed by atoms with E-state index in [1.165, 1.54) is 13.0 Å². The Balaban J connectivity index is 1.73. The summed E-state index contributed by atoms with van der Waals surface area (Å²) in [6, 6.07) is 3.94. The van der Waals surface area contributed by atoms with Crippen molar-refractivity contribution >= 4 is 5.69 Å². The SMILES string of the molecule is CN1CCCN(Cc2cc3c(cc2N)OCCO3)CC1. The van der Waals surface area contributed by atoms with Crippen LogP contribution in [0.3, 0.4) is 0 Å². The number of ether oxygens (including phenoxy) is 2. The molecule has 1 aromatic carbocycles. The summed E-state index contributed by atoms with van der Waals surface area (Å²) in [6.45, 7) is 6.60. The molecular formula is C15H23N3O2. The van der Waals surface area contributed by atoms with E-state index in [4.69, 9.17) is 15.2 Å². The molecule has 1 saturated heterocycles. The molecule has 0 unspecified atom stereocenters. The van der Waals surface area contributed by atoms with Crippen molar-refractivity contribution in [3.05, 3.63) is 17.7 Å². The highest BCUT2D eigenvalue weighted by molar-refractivity contribution is 5.58. The maximum Gasteiger partial charge on any atom is 0.163 e. The van der Waals surface area contributed by atoms with Gasteiger partial charge in [-0.05, 0) is 38.2 Å². The highest BCUT2D eigenvalue weighted by Crippen LogP contribution is 2.34. The molecule has 0 radical (unpaired) electrons. The Labute approximate surface area is 120 Å². The van der Waals surface area contributed by atoms with Gasteiger partial charge < -0.3 is 20.1 Å². The van der Waals surface area contributed by atoms with Crippen molar-refractivity contribution in [3.8, 4) is 11.5 Å². The van der Waals surface area contributed by atoms with Crippen LogP contribution < -0.4 is 15.2 Å². The first-order valence-electron chi connectivity index (χ1n) is 7.31. The molecule has 3 rings (SSSR count). The quantitative estimate of drug-likeness (QED) is 0.823. The van der Waals surface area contributed by atoms with Crippen LogP contribution in [0.1, 0.15) is 12.0 Å². The van der Waals surface area contributed by atoms with E-state index in [0.717, 1.165) is 48.9 Å². The summed E-state index contributed by atoms with van der Waals surface area (Å²) in [7, 11) is 2.18. The summed E-state index contributed by atoms with van der Waals surface area (Å²) in [4.78, 5) is 4.85. The third-order valence-electron chi connectivity index (χ3n) is 4.01. The van der Waals surface area contributed by atoms with Crippen LogP contribution in [0.4, 0.5) is 5.69 Å². The molecule has 1 aromatic rings. The molecule has 0 amide bonds. The first-order chi connectivity index (χ1) is 9.72. The maximum atomic E-state index is 6.16. The minimum absolute atomic E-state index is 0.601. The zero-order valence-electron chi connectivity index (χ0n) is 12.1. The second-order valence-corrected chi connectivity index (χ2v) is 5.63. The summed E-state index contributed by atoms with van der Waals surface area (Å²) in [5.41, 5.74) is 8.09. The van der Waals surface area contributed by atoms with Gasteiger partial charge in [0, 0.05) is 31.4 Å². The molecule has 0 aromatic heterocycles. The number of rotatable bonds is 2. The molecule has 0 spiro atoms. The van der Waals surface area contributed by atoms with E-state index < -0.39 is 0 Å². The Morgan fingerprint density at radius 2 is 1.80 bits per heavy atom. The molecule has 2 aliphatic rings. The number of fused-ring (bicyclic) bond motifs is 1. The van der Waals surface area contributed by atoms with Gasteiger partial charge in [-0.3, -0.25) is 4.90 Å². The number of nitrogen functional groups attached to an aromatic ring is 1. The van der Waals surface area contributed by atoms with Crippen LogP contribution in [0.2, 0.25) is 0 Å². The lowest BCUT2D eigenvalue weighted by Gasteiger charge is -2.24. The van der Waals surface area contributed by atoms with Gasteiger partial charge in [0.05, 0.1) is 0 Å². The van der Waals surface area contributed by atoms with Gasteiger partial charge in [-0.25, -0.2) is 0 Å². The number of nitrogens with zero attached hydrogens (tertiary/aromatic N) is 2. The fourth-order valence-corrected chi connectivity index (χ4v) is 2.78. The first kappa shape index (κ1) is 13.5. The number of nitrogens with two attached hydrogens (primary N) is 1. The first-order valence-corrected chi connectivity index (χ1v) is 7.31. The topological polar surface area (TPSA) is 51.0 Å². The van der Waals surface area contributed by atoms with Gasteiger partial charge in [0.2, 0.25) is 0 Å². The number of benzene rings is 1. The predicted molar refractivity (Wildman–Crippen MR) is 79.2 cm³/mol. The van der Waals surface area contributed by atoms with Crippen LogP contribution in [0.25, 0.3) is 0 Å². The second-order valence-electron chi connectivity index (χ2n) is 5.63. The normalized spacial score (nSPS) is 20.6. The molecule has 2 aliphatic heterocycles. The summed E-state index contributed by atoms with van der Waals surface area (Å²) in [5.74, 6) is 1.60. The Morgan fingerprint density at radius 1 is 1.05 bits per heavy atom. The molecule has 0 saturated carbocycles. The molecule has 0 aliphatic carbocycles.